The largest absolute Gasteiger partial charge is 0.416 e. The molecule has 1 atom stereocenters. The molecule has 8 heteroatoms. The van der Waals surface area contributed by atoms with E-state index in [2.05, 4.69) is 5.32 Å². The summed E-state index contributed by atoms with van der Waals surface area (Å²) in [4.78, 5) is 26.6. The Morgan fingerprint density at radius 3 is 2.67 bits per heavy atom. The van der Waals surface area contributed by atoms with Crippen molar-refractivity contribution in [1.82, 2.24) is 0 Å². The first-order valence-electron chi connectivity index (χ1n) is 8.22. The summed E-state index contributed by atoms with van der Waals surface area (Å²) in [7, 11) is 0. The van der Waals surface area contributed by atoms with E-state index in [4.69, 9.17) is 11.6 Å². The second kappa shape index (κ2) is 7.23. The second-order valence-corrected chi connectivity index (χ2v) is 6.77. The molecular weight excluding hydrogens is 381 g/mol. The van der Waals surface area contributed by atoms with Crippen LogP contribution in [0.1, 0.15) is 17.5 Å². The van der Waals surface area contributed by atoms with E-state index in [0.29, 0.717) is 17.3 Å². The summed E-state index contributed by atoms with van der Waals surface area (Å²) in [6.07, 6.45) is -4.24. The summed E-state index contributed by atoms with van der Waals surface area (Å²) in [6, 6.07) is 9.46. The molecule has 4 nitrogen and oxygen atoms in total. The number of amides is 2. The van der Waals surface area contributed by atoms with Gasteiger partial charge in [0.15, 0.2) is 0 Å². The van der Waals surface area contributed by atoms with Crippen LogP contribution in [0.4, 0.5) is 24.5 Å². The molecule has 0 radical (unpaired) electrons. The van der Waals surface area contributed by atoms with Gasteiger partial charge in [0.1, 0.15) is 5.92 Å². The van der Waals surface area contributed by atoms with Gasteiger partial charge in [-0.1, -0.05) is 23.7 Å². The highest BCUT2D eigenvalue weighted by atomic mass is 35.5. The van der Waals surface area contributed by atoms with Gasteiger partial charge in [0, 0.05) is 22.9 Å². The van der Waals surface area contributed by atoms with Crippen molar-refractivity contribution in [2.24, 2.45) is 5.92 Å². The molecule has 1 fully saturated rings. The van der Waals surface area contributed by atoms with Crippen molar-refractivity contribution in [1.29, 1.82) is 0 Å². The first-order valence-corrected chi connectivity index (χ1v) is 8.60. The minimum Gasteiger partial charge on any atom is -0.325 e. The van der Waals surface area contributed by atoms with Gasteiger partial charge in [0.05, 0.1) is 5.56 Å². The van der Waals surface area contributed by atoms with Crippen LogP contribution in [0.3, 0.4) is 0 Å². The van der Waals surface area contributed by atoms with Gasteiger partial charge in [0.25, 0.3) is 0 Å². The van der Waals surface area contributed by atoms with Crippen LogP contribution in [0.15, 0.2) is 42.5 Å². The Balaban J connectivity index is 1.75. The molecule has 0 spiro atoms. The average molecular weight is 397 g/mol. The van der Waals surface area contributed by atoms with Gasteiger partial charge in [-0.25, -0.2) is 0 Å². The maximum atomic E-state index is 12.8. The lowest BCUT2D eigenvalue weighted by atomic mass is 10.1. The molecule has 1 aliphatic heterocycles. The highest BCUT2D eigenvalue weighted by Crippen LogP contribution is 2.32. The number of carbonyl (C=O) groups is 2. The number of rotatable bonds is 3. The third-order valence-corrected chi connectivity index (χ3v) is 4.68. The van der Waals surface area contributed by atoms with E-state index < -0.39 is 29.5 Å². The van der Waals surface area contributed by atoms with Crippen LogP contribution in [0.25, 0.3) is 0 Å². The lowest BCUT2D eigenvalue weighted by molar-refractivity contribution is -0.137. The number of halogens is 4. The van der Waals surface area contributed by atoms with E-state index in [0.717, 1.165) is 17.7 Å². The molecule has 27 heavy (non-hydrogen) atoms. The molecule has 0 aliphatic carbocycles. The van der Waals surface area contributed by atoms with Gasteiger partial charge in [-0.15, -0.1) is 0 Å². The molecule has 1 aliphatic rings. The van der Waals surface area contributed by atoms with Crippen LogP contribution < -0.4 is 10.2 Å². The molecular formula is C19H16ClF3N2O2. The van der Waals surface area contributed by atoms with Crippen molar-refractivity contribution in [2.75, 3.05) is 16.8 Å². The van der Waals surface area contributed by atoms with Gasteiger partial charge in [0.2, 0.25) is 11.8 Å². The van der Waals surface area contributed by atoms with E-state index in [1.807, 2.05) is 6.92 Å². The average Bonchev–Trinajstić information content (AvgIpc) is 2.98. The normalized spacial score (nSPS) is 17.3. The Labute approximate surface area is 158 Å². The minimum atomic E-state index is -4.51. The molecule has 0 saturated carbocycles. The molecule has 0 aromatic heterocycles. The first kappa shape index (κ1) is 19.2. The summed E-state index contributed by atoms with van der Waals surface area (Å²) < 4.78 is 38.4. The summed E-state index contributed by atoms with van der Waals surface area (Å²) in [5.41, 5.74) is 0.600. The highest BCUT2D eigenvalue weighted by Gasteiger charge is 2.38. The van der Waals surface area contributed by atoms with Crippen molar-refractivity contribution in [3.63, 3.8) is 0 Å². The number of hydrogen-bond donors (Lipinski definition) is 1. The quantitative estimate of drug-likeness (QED) is 0.767. The molecule has 142 valence electrons. The molecule has 3 rings (SSSR count). The van der Waals surface area contributed by atoms with Gasteiger partial charge in [-0.3, -0.25) is 9.59 Å². The smallest absolute Gasteiger partial charge is 0.325 e. The topological polar surface area (TPSA) is 49.4 Å². The molecule has 1 saturated heterocycles. The van der Waals surface area contributed by atoms with Crippen LogP contribution in [0.2, 0.25) is 5.02 Å². The molecule has 2 amide bonds. The van der Waals surface area contributed by atoms with Gasteiger partial charge < -0.3 is 10.2 Å². The van der Waals surface area contributed by atoms with E-state index >= 15 is 0 Å². The Kier molecular flexibility index (Phi) is 5.15. The Bertz CT molecular complexity index is 899. The fourth-order valence-electron chi connectivity index (χ4n) is 3.04. The fourth-order valence-corrected chi connectivity index (χ4v) is 3.20. The molecule has 2 aromatic rings. The van der Waals surface area contributed by atoms with Gasteiger partial charge in [-0.05, 0) is 49.2 Å². The predicted octanol–water partition coefficient (Wildman–Crippen LogP) is 4.66. The second-order valence-electron chi connectivity index (χ2n) is 6.33. The number of hydrogen-bond acceptors (Lipinski definition) is 2. The monoisotopic (exact) mass is 396 g/mol. The Hall–Kier alpha value is -2.54. The third-order valence-electron chi connectivity index (χ3n) is 4.44. The maximum Gasteiger partial charge on any atom is 0.416 e. The number of benzene rings is 2. The summed E-state index contributed by atoms with van der Waals surface area (Å²) in [6.45, 7) is 2.16. The molecule has 1 unspecified atom stereocenters. The summed E-state index contributed by atoms with van der Waals surface area (Å²) >= 11 is 5.99. The van der Waals surface area contributed by atoms with Crippen LogP contribution in [0.5, 0.6) is 0 Å². The first-order chi connectivity index (χ1) is 12.7. The number of alkyl halides is 3. The highest BCUT2D eigenvalue weighted by molar-refractivity contribution is 6.31. The zero-order chi connectivity index (χ0) is 19.8. The third kappa shape index (κ3) is 4.08. The van der Waals surface area contributed by atoms with Crippen molar-refractivity contribution < 1.29 is 22.8 Å². The number of nitrogens with one attached hydrogen (secondary N) is 1. The lowest BCUT2D eigenvalue weighted by Gasteiger charge is -2.19. The number of carbonyl (C=O) groups excluding carboxylic acids is 2. The van der Waals surface area contributed by atoms with Crippen LogP contribution in [0, 0.1) is 12.8 Å². The number of anilines is 2. The van der Waals surface area contributed by atoms with Crippen molar-refractivity contribution >= 4 is 34.8 Å². The number of aryl methyl sites for hydroxylation is 1. The Morgan fingerprint density at radius 2 is 1.96 bits per heavy atom. The van der Waals surface area contributed by atoms with E-state index in [-0.39, 0.29) is 12.1 Å². The van der Waals surface area contributed by atoms with Gasteiger partial charge in [-0.2, -0.15) is 13.2 Å². The van der Waals surface area contributed by atoms with Gasteiger partial charge >= 0.3 is 6.18 Å². The summed E-state index contributed by atoms with van der Waals surface area (Å²) in [5, 5.41) is 2.88. The Morgan fingerprint density at radius 1 is 1.22 bits per heavy atom. The maximum absolute atomic E-state index is 12.8. The lowest BCUT2D eigenvalue weighted by Crippen LogP contribution is -2.33. The summed E-state index contributed by atoms with van der Waals surface area (Å²) in [5.74, 6) is -1.98. The van der Waals surface area contributed by atoms with E-state index in [1.54, 1.807) is 18.2 Å². The van der Waals surface area contributed by atoms with E-state index in [1.165, 1.54) is 17.0 Å². The molecule has 0 bridgehead atoms. The predicted molar refractivity (Wildman–Crippen MR) is 96.7 cm³/mol. The molecule has 2 aromatic carbocycles. The van der Waals surface area contributed by atoms with E-state index in [9.17, 15) is 22.8 Å². The molecule has 1 heterocycles. The van der Waals surface area contributed by atoms with Crippen LogP contribution in [-0.2, 0) is 15.8 Å². The number of nitrogens with zero attached hydrogens (tertiary/aromatic N) is 1. The fraction of sp³-hybridized carbons (Fsp3) is 0.263. The zero-order valence-electron chi connectivity index (χ0n) is 14.3. The molecule has 1 N–H and O–H groups in total. The standard InChI is InChI=1S/C19H16ClF3N2O2/c1-11-5-6-13(20)10-16(11)25-8-7-15(18(25)27)17(26)24-14-4-2-3-12(9-14)19(21,22)23/h2-6,9-10,15H,7-8H2,1H3,(H,24,26). The van der Waals surface area contributed by atoms with Crippen molar-refractivity contribution in [3.8, 4) is 0 Å². The van der Waals surface area contributed by atoms with Crippen LogP contribution in [-0.4, -0.2) is 18.4 Å². The van der Waals surface area contributed by atoms with Crippen molar-refractivity contribution in [2.45, 2.75) is 19.5 Å². The minimum absolute atomic E-state index is 0.0000103. The van der Waals surface area contributed by atoms with Crippen LogP contribution >= 0.6 is 11.6 Å². The van der Waals surface area contributed by atoms with Crippen molar-refractivity contribution in [3.05, 3.63) is 58.6 Å². The SMILES string of the molecule is Cc1ccc(Cl)cc1N1CCC(C(=O)Nc2cccc(C(F)(F)F)c2)C1=O. The zero-order valence-corrected chi connectivity index (χ0v) is 15.1.